The summed E-state index contributed by atoms with van der Waals surface area (Å²) in [5.74, 6) is 0. The quantitative estimate of drug-likeness (QED) is 0.0481. The third-order valence-electron chi connectivity index (χ3n) is 24.2. The molecular weight excluding hydrogens is 1150 g/mol. The molecular formula is C92H103NO2. The van der Waals surface area contributed by atoms with Crippen molar-refractivity contribution in [1.29, 1.82) is 0 Å². The van der Waals surface area contributed by atoms with Gasteiger partial charge in [0.15, 0.2) is 0 Å². The van der Waals surface area contributed by atoms with Crippen LogP contribution in [0, 0.1) is 13.8 Å². The van der Waals surface area contributed by atoms with Gasteiger partial charge in [0.1, 0.15) is 22.3 Å². The van der Waals surface area contributed by atoms with Gasteiger partial charge in [-0.05, 0) is 189 Å². The molecule has 0 amide bonds. The van der Waals surface area contributed by atoms with Gasteiger partial charge in [-0.25, -0.2) is 0 Å². The molecule has 11 aromatic rings. The number of unbranched alkanes of at least 4 members (excludes halogenated alkanes) is 16. The third-order valence-corrected chi connectivity index (χ3v) is 24.2. The molecule has 0 spiro atoms. The van der Waals surface area contributed by atoms with E-state index in [1.54, 1.807) is 16.7 Å². The Morgan fingerprint density at radius 2 is 0.821 bits per heavy atom. The summed E-state index contributed by atoms with van der Waals surface area (Å²) < 4.78 is 14.2. The van der Waals surface area contributed by atoms with Gasteiger partial charge in [0, 0.05) is 65.8 Å². The standard InChI is InChI=1S/C92H103NO2/c1-11-15-19-23-33-51-91(52-34-24-20-16-12-2)71-40-30-27-37-65(71)83-84-68-39-29-32-42-79(68)95-88(84)85-66-47-45-63(57-76(66)92(87(85)86(83)91,53-35-25-21-17-13-3)54-36-26-22-18-14-4)93(77-49-43-60(5)55-61(77)6)62-44-46-64-69-58-75-70(59-74(69)90(9,10)73(64)56-62)81-72(89(75,7)8)48-50-80-82(81)67-38-28-31-41-78(67)94-80/h27-32,37-50,55-59H,11-26,33-36,51-54H2,1-10H3. The van der Waals surface area contributed by atoms with Crippen molar-refractivity contribution < 1.29 is 8.83 Å². The number of fused-ring (bicyclic) bond motifs is 22. The molecule has 9 aromatic carbocycles. The van der Waals surface area contributed by atoms with Gasteiger partial charge in [0.05, 0.1) is 0 Å². The average Bonchev–Trinajstić information content (AvgIpc) is 1.50. The first kappa shape index (κ1) is 63.4. The van der Waals surface area contributed by atoms with E-state index < -0.39 is 0 Å². The lowest BCUT2D eigenvalue weighted by atomic mass is 9.62. The molecule has 0 N–H and O–H groups in total. The normalized spacial score (nSPS) is 15.3. The maximum absolute atomic E-state index is 7.62. The summed E-state index contributed by atoms with van der Waals surface area (Å²) in [6.07, 6.45) is 30.0. The molecule has 0 bridgehead atoms. The van der Waals surface area contributed by atoms with Gasteiger partial charge in [0.25, 0.3) is 0 Å². The summed E-state index contributed by atoms with van der Waals surface area (Å²) in [4.78, 5) is 2.67. The van der Waals surface area contributed by atoms with Crippen LogP contribution >= 0.6 is 0 Å². The summed E-state index contributed by atoms with van der Waals surface area (Å²) >= 11 is 0. The van der Waals surface area contributed by atoms with Crippen molar-refractivity contribution in [3.8, 4) is 44.5 Å². The lowest BCUT2D eigenvalue weighted by Gasteiger charge is -2.40. The minimum Gasteiger partial charge on any atom is -0.456 e. The molecule has 0 saturated heterocycles. The molecule has 15 rings (SSSR count). The Morgan fingerprint density at radius 1 is 0.337 bits per heavy atom. The van der Waals surface area contributed by atoms with Crippen molar-refractivity contribution in [1.82, 2.24) is 0 Å². The highest BCUT2D eigenvalue weighted by atomic mass is 16.3. The second-order valence-electron chi connectivity index (χ2n) is 30.9. The van der Waals surface area contributed by atoms with E-state index in [2.05, 4.69) is 226 Å². The van der Waals surface area contributed by atoms with Crippen LogP contribution in [-0.4, -0.2) is 0 Å². The van der Waals surface area contributed by atoms with Crippen molar-refractivity contribution in [3.05, 3.63) is 207 Å². The molecule has 0 unspecified atom stereocenters. The second-order valence-corrected chi connectivity index (χ2v) is 30.9. The van der Waals surface area contributed by atoms with Crippen molar-refractivity contribution in [2.45, 2.75) is 245 Å². The van der Waals surface area contributed by atoms with Gasteiger partial charge >= 0.3 is 0 Å². The van der Waals surface area contributed by atoms with Crippen LogP contribution in [0.1, 0.15) is 265 Å². The van der Waals surface area contributed by atoms with E-state index in [9.17, 15) is 0 Å². The minimum absolute atomic E-state index is 0.124. The van der Waals surface area contributed by atoms with Gasteiger partial charge in [-0.3, -0.25) is 0 Å². The van der Waals surface area contributed by atoms with E-state index in [1.165, 1.54) is 263 Å². The number of hydrogen-bond donors (Lipinski definition) is 0. The zero-order valence-corrected chi connectivity index (χ0v) is 59.2. The molecule has 0 radical (unpaired) electrons. The maximum Gasteiger partial charge on any atom is 0.144 e. The summed E-state index contributed by atoms with van der Waals surface area (Å²) in [6.45, 7) is 23.9. The second kappa shape index (κ2) is 25.4. The Morgan fingerprint density at radius 3 is 1.44 bits per heavy atom. The number of furan rings is 2. The third kappa shape index (κ3) is 10.2. The van der Waals surface area contributed by atoms with Gasteiger partial charge in [-0.2, -0.15) is 0 Å². The van der Waals surface area contributed by atoms with E-state index in [0.717, 1.165) is 35.2 Å². The van der Waals surface area contributed by atoms with Crippen LogP contribution in [-0.2, 0) is 21.7 Å². The van der Waals surface area contributed by atoms with Crippen molar-refractivity contribution in [2.75, 3.05) is 4.90 Å². The Kier molecular flexibility index (Phi) is 17.0. The topological polar surface area (TPSA) is 29.5 Å². The molecule has 4 aliphatic carbocycles. The molecule has 0 atom stereocenters. The Hall–Kier alpha value is -7.62. The van der Waals surface area contributed by atoms with Crippen molar-refractivity contribution in [3.63, 3.8) is 0 Å². The first-order valence-corrected chi connectivity index (χ1v) is 37.7. The number of anilines is 3. The predicted molar refractivity (Wildman–Crippen MR) is 406 cm³/mol. The van der Waals surface area contributed by atoms with E-state index in [4.69, 9.17) is 8.83 Å². The first-order valence-electron chi connectivity index (χ1n) is 37.7. The van der Waals surface area contributed by atoms with Crippen LogP contribution in [0.5, 0.6) is 0 Å². The summed E-state index contributed by atoms with van der Waals surface area (Å²) in [6, 6.07) is 59.9. The molecule has 488 valence electrons. The van der Waals surface area contributed by atoms with Crippen LogP contribution in [0.2, 0.25) is 0 Å². The zero-order chi connectivity index (χ0) is 65.4. The lowest BCUT2D eigenvalue weighted by molar-refractivity contribution is 0.369. The number of rotatable bonds is 27. The highest BCUT2D eigenvalue weighted by Gasteiger charge is 2.54. The largest absolute Gasteiger partial charge is 0.456 e. The molecule has 0 fully saturated rings. The fraction of sp³-hybridized carbons (Fsp3) is 0.413. The SMILES string of the molecule is CCCCCCCC1(CCCCCCC)c2cc(N(c3ccc4c(c3)C(C)(C)c3cc5c(cc3-4)C(C)(C)c3ccc4oc6ccccc6c4c3-5)c3ccc(C)cc3C)ccc2-c2c1c1c(c3c2oc2ccccc23)-c2ccccc2C1(CCCCCCC)CCCCCCC. The van der Waals surface area contributed by atoms with Crippen LogP contribution in [0.25, 0.3) is 88.4 Å². The van der Waals surface area contributed by atoms with E-state index >= 15 is 0 Å². The highest BCUT2D eigenvalue weighted by Crippen LogP contribution is 2.68. The fourth-order valence-corrected chi connectivity index (χ4v) is 19.4. The molecule has 0 saturated carbocycles. The van der Waals surface area contributed by atoms with Crippen LogP contribution in [0.4, 0.5) is 17.1 Å². The van der Waals surface area contributed by atoms with Gasteiger partial charge in [-0.1, -0.05) is 280 Å². The zero-order valence-electron chi connectivity index (χ0n) is 59.2. The number of para-hydroxylation sites is 2. The highest BCUT2D eigenvalue weighted by molar-refractivity contribution is 6.21. The molecule has 2 heterocycles. The van der Waals surface area contributed by atoms with Crippen LogP contribution in [0.15, 0.2) is 160 Å². The van der Waals surface area contributed by atoms with E-state index in [1.807, 2.05) is 0 Å². The average molecular weight is 1250 g/mol. The lowest BCUT2D eigenvalue weighted by Crippen LogP contribution is -2.33. The molecule has 4 aliphatic rings. The van der Waals surface area contributed by atoms with Gasteiger partial charge < -0.3 is 13.7 Å². The summed E-state index contributed by atoms with van der Waals surface area (Å²) in [5.41, 5.74) is 32.6. The molecule has 0 aliphatic heterocycles. The predicted octanol–water partition coefficient (Wildman–Crippen LogP) is 28.2. The van der Waals surface area contributed by atoms with Gasteiger partial charge in [0.2, 0.25) is 0 Å². The molecule has 3 nitrogen and oxygen atoms in total. The molecule has 95 heavy (non-hydrogen) atoms. The van der Waals surface area contributed by atoms with Crippen LogP contribution < -0.4 is 4.90 Å². The van der Waals surface area contributed by atoms with Crippen molar-refractivity contribution in [2.24, 2.45) is 0 Å². The first-order chi connectivity index (χ1) is 46.3. The smallest absolute Gasteiger partial charge is 0.144 e. The van der Waals surface area contributed by atoms with Gasteiger partial charge in [-0.15, -0.1) is 0 Å². The van der Waals surface area contributed by atoms with Crippen molar-refractivity contribution >= 4 is 60.9 Å². The Bertz CT molecular complexity index is 4700. The maximum atomic E-state index is 7.62. The minimum atomic E-state index is -0.276. The Balaban J connectivity index is 0.955. The number of aryl methyl sites for hydroxylation is 2. The molecule has 3 heteroatoms. The fourth-order valence-electron chi connectivity index (χ4n) is 19.4. The van der Waals surface area contributed by atoms with Crippen LogP contribution in [0.3, 0.4) is 0 Å². The van der Waals surface area contributed by atoms with E-state index in [0.29, 0.717) is 0 Å². The Labute approximate surface area is 568 Å². The monoisotopic (exact) mass is 1250 g/mol. The summed E-state index contributed by atoms with van der Waals surface area (Å²) in [5, 5.41) is 5.04. The number of nitrogens with zero attached hydrogens (tertiary/aromatic N) is 1. The number of benzene rings is 9. The summed E-state index contributed by atoms with van der Waals surface area (Å²) in [7, 11) is 0. The van der Waals surface area contributed by atoms with E-state index in [-0.39, 0.29) is 21.7 Å². The number of hydrogen-bond acceptors (Lipinski definition) is 3. The molecule has 2 aromatic heterocycles.